The number of ether oxygens (including phenoxy) is 2. The van der Waals surface area contributed by atoms with Crippen molar-refractivity contribution in [2.75, 3.05) is 0 Å². The first-order valence-electron chi connectivity index (χ1n) is 4.99. The lowest BCUT2D eigenvalue weighted by molar-refractivity contribution is -0.267. The number of hydrogen-bond donors (Lipinski definition) is 3. The molecule has 1 saturated heterocycles. The Morgan fingerprint density at radius 2 is 2.00 bits per heavy atom. The van der Waals surface area contributed by atoms with Crippen molar-refractivity contribution in [1.82, 2.24) is 0 Å². The molecule has 0 amide bonds. The van der Waals surface area contributed by atoms with Crippen LogP contribution in [0.4, 0.5) is 0 Å². The summed E-state index contributed by atoms with van der Waals surface area (Å²) in [5, 5.41) is 31.1. The average molecular weight is 246 g/mol. The van der Waals surface area contributed by atoms with Gasteiger partial charge in [0.15, 0.2) is 5.06 Å². The lowest BCUT2D eigenvalue weighted by Crippen LogP contribution is -2.58. The Bertz CT molecular complexity index is 328. The quantitative estimate of drug-likeness (QED) is 0.682. The summed E-state index contributed by atoms with van der Waals surface area (Å²) in [5.41, 5.74) is 0. The molecule has 0 bridgehead atoms. The molecule has 1 aromatic rings. The van der Waals surface area contributed by atoms with Crippen LogP contribution in [0.15, 0.2) is 17.5 Å². The molecule has 0 aromatic carbocycles. The second-order valence-corrected chi connectivity index (χ2v) is 4.64. The SMILES string of the molecule is C[C@@H]1OC(Oc2cccs2)[C@H](O)[C@H](O)[C@H]1O. The van der Waals surface area contributed by atoms with E-state index in [1.165, 1.54) is 11.3 Å². The van der Waals surface area contributed by atoms with Crippen molar-refractivity contribution in [2.24, 2.45) is 0 Å². The van der Waals surface area contributed by atoms with Gasteiger partial charge in [0.1, 0.15) is 18.3 Å². The van der Waals surface area contributed by atoms with E-state index >= 15 is 0 Å². The molecule has 0 radical (unpaired) electrons. The third-order valence-electron chi connectivity index (χ3n) is 2.54. The molecule has 2 rings (SSSR count). The highest BCUT2D eigenvalue weighted by molar-refractivity contribution is 7.11. The Morgan fingerprint density at radius 1 is 1.25 bits per heavy atom. The van der Waals surface area contributed by atoms with Gasteiger partial charge in [-0.25, -0.2) is 0 Å². The molecule has 90 valence electrons. The van der Waals surface area contributed by atoms with Crippen molar-refractivity contribution in [1.29, 1.82) is 0 Å². The van der Waals surface area contributed by atoms with E-state index in [1.807, 2.05) is 11.4 Å². The van der Waals surface area contributed by atoms with Gasteiger partial charge >= 0.3 is 0 Å². The van der Waals surface area contributed by atoms with Gasteiger partial charge in [-0.2, -0.15) is 0 Å². The van der Waals surface area contributed by atoms with E-state index in [0.717, 1.165) is 0 Å². The molecule has 5 nitrogen and oxygen atoms in total. The normalized spacial score (nSPS) is 39.6. The number of aliphatic hydroxyl groups is 3. The van der Waals surface area contributed by atoms with Crippen molar-refractivity contribution in [2.45, 2.75) is 37.6 Å². The molecule has 16 heavy (non-hydrogen) atoms. The predicted octanol–water partition coefficient (Wildman–Crippen LogP) is -0.0456. The van der Waals surface area contributed by atoms with Crippen molar-refractivity contribution < 1.29 is 24.8 Å². The molecule has 1 aliphatic rings. The van der Waals surface area contributed by atoms with Crippen molar-refractivity contribution in [3.63, 3.8) is 0 Å². The Morgan fingerprint density at radius 3 is 2.62 bits per heavy atom. The predicted molar refractivity (Wildman–Crippen MR) is 57.3 cm³/mol. The largest absolute Gasteiger partial charge is 0.452 e. The van der Waals surface area contributed by atoms with E-state index in [1.54, 1.807) is 13.0 Å². The first kappa shape index (κ1) is 11.8. The summed E-state index contributed by atoms with van der Waals surface area (Å²) < 4.78 is 10.7. The first-order chi connectivity index (χ1) is 7.59. The third-order valence-corrected chi connectivity index (χ3v) is 3.29. The van der Waals surface area contributed by atoms with Crippen molar-refractivity contribution >= 4 is 11.3 Å². The molecule has 6 heteroatoms. The van der Waals surface area contributed by atoms with Gasteiger partial charge in [0.2, 0.25) is 6.29 Å². The van der Waals surface area contributed by atoms with Gasteiger partial charge in [0, 0.05) is 0 Å². The van der Waals surface area contributed by atoms with E-state index < -0.39 is 30.7 Å². The van der Waals surface area contributed by atoms with Crippen LogP contribution in [0.5, 0.6) is 5.06 Å². The van der Waals surface area contributed by atoms with E-state index in [9.17, 15) is 15.3 Å². The van der Waals surface area contributed by atoms with Crippen LogP contribution in [0.1, 0.15) is 6.92 Å². The molecule has 1 aromatic heterocycles. The fraction of sp³-hybridized carbons (Fsp3) is 0.600. The molecule has 1 unspecified atom stereocenters. The molecular formula is C10H14O5S. The lowest BCUT2D eigenvalue weighted by atomic mass is 10.0. The smallest absolute Gasteiger partial charge is 0.230 e. The third kappa shape index (κ3) is 2.21. The Balaban J connectivity index is 2.04. The molecule has 3 N–H and O–H groups in total. The van der Waals surface area contributed by atoms with Gasteiger partial charge in [-0.15, -0.1) is 11.3 Å². The molecular weight excluding hydrogens is 232 g/mol. The highest BCUT2D eigenvalue weighted by Crippen LogP contribution is 2.26. The van der Waals surface area contributed by atoms with Gasteiger partial charge in [0.05, 0.1) is 6.10 Å². The van der Waals surface area contributed by atoms with E-state index in [2.05, 4.69) is 0 Å². The Labute approximate surface area is 96.9 Å². The van der Waals surface area contributed by atoms with E-state index in [4.69, 9.17) is 9.47 Å². The average Bonchev–Trinajstić information content (AvgIpc) is 2.76. The molecule has 0 saturated carbocycles. The maximum absolute atomic E-state index is 9.67. The summed E-state index contributed by atoms with van der Waals surface area (Å²) in [5.74, 6) is 0. The number of aliphatic hydroxyl groups excluding tert-OH is 3. The van der Waals surface area contributed by atoms with E-state index in [0.29, 0.717) is 5.06 Å². The van der Waals surface area contributed by atoms with Crippen LogP contribution in [0.25, 0.3) is 0 Å². The van der Waals surface area contributed by atoms with Crippen LogP contribution in [-0.4, -0.2) is 46.0 Å². The van der Waals surface area contributed by atoms with Crippen LogP contribution in [0, 0.1) is 0 Å². The number of hydrogen-bond acceptors (Lipinski definition) is 6. The summed E-state index contributed by atoms with van der Waals surface area (Å²) in [4.78, 5) is 0. The minimum absolute atomic E-state index is 0.580. The molecule has 2 heterocycles. The highest BCUT2D eigenvalue weighted by Gasteiger charge is 2.43. The van der Waals surface area contributed by atoms with Crippen LogP contribution < -0.4 is 4.74 Å². The van der Waals surface area contributed by atoms with Gasteiger partial charge in [-0.1, -0.05) is 0 Å². The molecule has 1 aliphatic heterocycles. The van der Waals surface area contributed by atoms with Crippen LogP contribution in [-0.2, 0) is 4.74 Å². The van der Waals surface area contributed by atoms with Crippen LogP contribution >= 0.6 is 11.3 Å². The number of thiophene rings is 1. The molecule has 1 fully saturated rings. The summed E-state index contributed by atoms with van der Waals surface area (Å²) in [6, 6.07) is 3.55. The maximum Gasteiger partial charge on any atom is 0.230 e. The minimum Gasteiger partial charge on any atom is -0.452 e. The lowest BCUT2D eigenvalue weighted by Gasteiger charge is -2.38. The summed E-state index contributed by atoms with van der Waals surface area (Å²) in [6.07, 6.45) is -5.14. The first-order valence-corrected chi connectivity index (χ1v) is 5.87. The topological polar surface area (TPSA) is 79.2 Å². The fourth-order valence-electron chi connectivity index (χ4n) is 1.56. The summed E-state index contributed by atoms with van der Waals surface area (Å²) in [7, 11) is 0. The van der Waals surface area contributed by atoms with Crippen LogP contribution in [0.3, 0.4) is 0 Å². The molecule has 5 atom stereocenters. The van der Waals surface area contributed by atoms with Crippen molar-refractivity contribution in [3.8, 4) is 5.06 Å². The zero-order chi connectivity index (χ0) is 11.7. The van der Waals surface area contributed by atoms with Gasteiger partial charge < -0.3 is 24.8 Å². The standard InChI is InChI=1S/C10H14O5S/c1-5-7(11)8(12)9(13)10(14-5)15-6-3-2-4-16-6/h2-5,7-13H,1H3/t5-,7-,8+,9+,10?/m0/s1. The van der Waals surface area contributed by atoms with Crippen LogP contribution in [0.2, 0.25) is 0 Å². The van der Waals surface area contributed by atoms with Gasteiger partial charge in [0.25, 0.3) is 0 Å². The Hall–Kier alpha value is -0.660. The summed E-state index contributed by atoms with van der Waals surface area (Å²) >= 11 is 1.36. The zero-order valence-electron chi connectivity index (χ0n) is 8.69. The maximum atomic E-state index is 9.67. The van der Waals surface area contributed by atoms with Gasteiger partial charge in [-0.3, -0.25) is 0 Å². The molecule has 0 spiro atoms. The number of rotatable bonds is 2. The fourth-order valence-corrected chi connectivity index (χ4v) is 2.15. The second-order valence-electron chi connectivity index (χ2n) is 3.73. The second kappa shape index (κ2) is 4.68. The van der Waals surface area contributed by atoms with Crippen molar-refractivity contribution in [3.05, 3.63) is 17.5 Å². The Kier molecular flexibility index (Phi) is 3.46. The van der Waals surface area contributed by atoms with Gasteiger partial charge in [-0.05, 0) is 24.4 Å². The van der Waals surface area contributed by atoms with E-state index in [-0.39, 0.29) is 0 Å². The summed E-state index contributed by atoms with van der Waals surface area (Å²) in [6.45, 7) is 1.62. The minimum atomic E-state index is -1.26. The molecule has 0 aliphatic carbocycles. The highest BCUT2D eigenvalue weighted by atomic mass is 32.1. The zero-order valence-corrected chi connectivity index (χ0v) is 9.50. The monoisotopic (exact) mass is 246 g/mol.